The highest BCUT2D eigenvalue weighted by Crippen LogP contribution is 2.32. The molecule has 3 aromatic rings. The Morgan fingerprint density at radius 3 is 2.54 bits per heavy atom. The molecule has 0 saturated carbocycles. The van der Waals surface area contributed by atoms with Gasteiger partial charge in [0.2, 0.25) is 10.0 Å². The molecule has 0 unspecified atom stereocenters. The summed E-state index contributed by atoms with van der Waals surface area (Å²) in [5, 5.41) is 11.4. The molecule has 4 rings (SSSR count). The van der Waals surface area contributed by atoms with Crippen molar-refractivity contribution in [3.63, 3.8) is 0 Å². The Hall–Kier alpha value is -3.55. The van der Waals surface area contributed by atoms with Gasteiger partial charge in [-0.1, -0.05) is 23.9 Å². The average Bonchev–Trinajstić information content (AvgIpc) is 3.23. The number of amides is 2. The summed E-state index contributed by atoms with van der Waals surface area (Å²) in [5.41, 5.74) is 2.59. The maximum atomic E-state index is 13.0. The van der Waals surface area contributed by atoms with Crippen molar-refractivity contribution in [2.24, 2.45) is 5.14 Å². The molecule has 0 aliphatic carbocycles. The molecule has 0 spiro atoms. The third-order valence-corrected chi connectivity index (χ3v) is 7.69. The normalized spacial score (nSPS) is 15.9. The largest absolute Gasteiger partial charge is 0.497 e. The lowest BCUT2D eigenvalue weighted by Crippen LogP contribution is -2.46. The molecule has 0 radical (unpaired) electrons. The number of urea groups is 1. The molecule has 4 N–H and O–H groups in total. The summed E-state index contributed by atoms with van der Waals surface area (Å²) in [6.45, 7) is 4.39. The molecule has 2 amide bonds. The Morgan fingerprint density at radius 1 is 1.19 bits per heavy atom. The van der Waals surface area contributed by atoms with Gasteiger partial charge in [0.15, 0.2) is 5.16 Å². The van der Waals surface area contributed by atoms with Crippen LogP contribution in [-0.2, 0) is 26.1 Å². The minimum Gasteiger partial charge on any atom is -0.497 e. The number of benzene rings is 2. The number of hydrogen-bond donors (Lipinski definition) is 3. The zero-order valence-electron chi connectivity index (χ0n) is 20.5. The molecule has 1 atom stereocenters. The van der Waals surface area contributed by atoms with Gasteiger partial charge in [0.05, 0.1) is 41.3 Å². The Kier molecular flexibility index (Phi) is 7.76. The number of methoxy groups -OCH3 is 1. The van der Waals surface area contributed by atoms with Crippen molar-refractivity contribution >= 4 is 44.8 Å². The standard InChI is InChI=1S/C24H27N5O6S2/c1-4-29-19-11-10-16(37(25,32)33)12-17(19)27-24(29)36-13-18-20(22(30)35-5-2)21(28-23(31)26-18)14-6-8-15(34-3)9-7-14/h6-12,21H,4-5,13H2,1-3H3,(H2,25,32,33)(H2,26,28,31)/t21-/m1/s1. The van der Waals surface area contributed by atoms with Crippen LogP contribution in [0.1, 0.15) is 25.5 Å². The Bertz CT molecular complexity index is 1480. The summed E-state index contributed by atoms with van der Waals surface area (Å²) < 4.78 is 36.0. The molecule has 13 heteroatoms. The van der Waals surface area contributed by atoms with Gasteiger partial charge in [0, 0.05) is 18.0 Å². The Morgan fingerprint density at radius 2 is 1.92 bits per heavy atom. The first-order chi connectivity index (χ1) is 17.7. The van der Waals surface area contributed by atoms with Crippen LogP contribution in [0.4, 0.5) is 4.79 Å². The van der Waals surface area contributed by atoms with Crippen LogP contribution < -0.4 is 20.5 Å². The molecule has 0 saturated heterocycles. The number of aryl methyl sites for hydroxylation is 1. The van der Waals surface area contributed by atoms with Gasteiger partial charge in [-0.2, -0.15) is 0 Å². The van der Waals surface area contributed by atoms with Gasteiger partial charge in [-0.25, -0.2) is 28.1 Å². The van der Waals surface area contributed by atoms with Gasteiger partial charge in [-0.3, -0.25) is 0 Å². The number of primary sulfonamides is 1. The maximum Gasteiger partial charge on any atom is 0.338 e. The van der Waals surface area contributed by atoms with Crippen molar-refractivity contribution in [2.75, 3.05) is 19.5 Å². The van der Waals surface area contributed by atoms with Gasteiger partial charge in [-0.15, -0.1) is 0 Å². The van der Waals surface area contributed by atoms with Crippen molar-refractivity contribution in [1.82, 2.24) is 20.2 Å². The lowest BCUT2D eigenvalue weighted by molar-refractivity contribution is -0.139. The van der Waals surface area contributed by atoms with E-state index in [-0.39, 0.29) is 22.8 Å². The molecular weight excluding hydrogens is 518 g/mol. The fourth-order valence-corrected chi connectivity index (χ4v) is 5.63. The van der Waals surface area contributed by atoms with Crippen molar-refractivity contribution in [3.05, 3.63) is 59.3 Å². The molecule has 11 nitrogen and oxygen atoms in total. The molecule has 196 valence electrons. The van der Waals surface area contributed by atoms with Gasteiger partial charge in [0.25, 0.3) is 0 Å². The number of nitrogens with one attached hydrogen (secondary N) is 2. The lowest BCUT2D eigenvalue weighted by Gasteiger charge is -2.29. The van der Waals surface area contributed by atoms with E-state index in [1.807, 2.05) is 11.5 Å². The summed E-state index contributed by atoms with van der Waals surface area (Å²) >= 11 is 1.30. The minimum atomic E-state index is -3.88. The number of ether oxygens (including phenoxy) is 2. The van der Waals surface area contributed by atoms with Crippen molar-refractivity contribution in [2.45, 2.75) is 36.5 Å². The highest BCUT2D eigenvalue weighted by Gasteiger charge is 2.34. The number of sulfonamides is 1. The first kappa shape index (κ1) is 26.5. The first-order valence-electron chi connectivity index (χ1n) is 11.4. The van der Waals surface area contributed by atoms with Crippen LogP contribution in [0.25, 0.3) is 11.0 Å². The monoisotopic (exact) mass is 545 g/mol. The number of aromatic nitrogens is 2. The fourth-order valence-electron chi connectivity index (χ4n) is 4.05. The number of rotatable bonds is 9. The number of fused-ring (bicyclic) bond motifs is 1. The summed E-state index contributed by atoms with van der Waals surface area (Å²) in [4.78, 5) is 30.2. The van der Waals surface area contributed by atoms with E-state index in [2.05, 4.69) is 15.6 Å². The molecular formula is C24H27N5O6S2. The van der Waals surface area contributed by atoms with Crippen LogP contribution >= 0.6 is 11.8 Å². The molecule has 1 aliphatic heterocycles. The second-order valence-electron chi connectivity index (χ2n) is 8.04. The van der Waals surface area contributed by atoms with Crippen LogP contribution in [0.2, 0.25) is 0 Å². The second kappa shape index (κ2) is 10.8. The summed E-state index contributed by atoms with van der Waals surface area (Å²) in [6, 6.07) is 10.4. The van der Waals surface area contributed by atoms with Crippen LogP contribution in [-0.4, -0.2) is 49.4 Å². The van der Waals surface area contributed by atoms with Gasteiger partial charge >= 0.3 is 12.0 Å². The van der Waals surface area contributed by atoms with Gasteiger partial charge in [0.1, 0.15) is 5.75 Å². The number of hydrogen-bond acceptors (Lipinski definition) is 8. The third kappa shape index (κ3) is 5.58. The van der Waals surface area contributed by atoms with E-state index in [0.717, 1.165) is 5.52 Å². The quantitative estimate of drug-likeness (QED) is 0.274. The molecule has 2 aromatic carbocycles. The summed E-state index contributed by atoms with van der Waals surface area (Å²) in [5.74, 6) is 0.304. The predicted molar refractivity (Wildman–Crippen MR) is 139 cm³/mol. The molecule has 0 bridgehead atoms. The zero-order chi connectivity index (χ0) is 26.7. The summed E-state index contributed by atoms with van der Waals surface area (Å²) in [7, 11) is -2.32. The number of thioether (sulfide) groups is 1. The van der Waals surface area contributed by atoms with E-state index in [1.165, 1.54) is 23.9 Å². The van der Waals surface area contributed by atoms with E-state index in [1.54, 1.807) is 44.4 Å². The molecule has 37 heavy (non-hydrogen) atoms. The molecule has 2 heterocycles. The molecule has 1 aromatic heterocycles. The molecule has 0 fully saturated rings. The number of nitrogens with zero attached hydrogens (tertiary/aromatic N) is 2. The number of nitrogens with two attached hydrogens (primary N) is 1. The SMILES string of the molecule is CCOC(=O)C1=C(CSc2nc3cc(S(N)(=O)=O)ccc3n2CC)NC(=O)N[C@@H]1c1ccc(OC)cc1. The van der Waals surface area contributed by atoms with E-state index in [4.69, 9.17) is 14.6 Å². The maximum absolute atomic E-state index is 13.0. The minimum absolute atomic E-state index is 0.0300. The van der Waals surface area contributed by atoms with E-state index in [0.29, 0.717) is 34.2 Å². The second-order valence-corrected chi connectivity index (χ2v) is 10.5. The topological polar surface area (TPSA) is 155 Å². The van der Waals surface area contributed by atoms with E-state index >= 15 is 0 Å². The number of imidazole rings is 1. The average molecular weight is 546 g/mol. The van der Waals surface area contributed by atoms with Crippen molar-refractivity contribution in [3.8, 4) is 5.75 Å². The highest BCUT2D eigenvalue weighted by atomic mass is 32.2. The smallest absolute Gasteiger partial charge is 0.338 e. The summed E-state index contributed by atoms with van der Waals surface area (Å²) in [6.07, 6.45) is 0. The first-order valence-corrected chi connectivity index (χ1v) is 14.0. The van der Waals surface area contributed by atoms with Gasteiger partial charge < -0.3 is 24.7 Å². The molecule has 1 aliphatic rings. The number of carbonyl (C=O) groups is 2. The highest BCUT2D eigenvalue weighted by molar-refractivity contribution is 7.99. The van der Waals surface area contributed by atoms with Crippen LogP contribution in [0.5, 0.6) is 5.75 Å². The number of carbonyl (C=O) groups excluding carboxylic acids is 2. The van der Waals surface area contributed by atoms with Crippen LogP contribution in [0, 0.1) is 0 Å². The predicted octanol–water partition coefficient (Wildman–Crippen LogP) is 2.68. The van der Waals surface area contributed by atoms with E-state index < -0.39 is 28.1 Å². The van der Waals surface area contributed by atoms with Crippen LogP contribution in [0.15, 0.2) is 63.8 Å². The van der Waals surface area contributed by atoms with Gasteiger partial charge in [-0.05, 0) is 49.7 Å². The lowest BCUT2D eigenvalue weighted by atomic mass is 9.95. The van der Waals surface area contributed by atoms with Crippen LogP contribution in [0.3, 0.4) is 0 Å². The Labute approximate surface area is 218 Å². The zero-order valence-corrected chi connectivity index (χ0v) is 22.1. The fraction of sp³-hybridized carbons (Fsp3) is 0.292. The van der Waals surface area contributed by atoms with E-state index in [9.17, 15) is 18.0 Å². The van der Waals surface area contributed by atoms with Crippen molar-refractivity contribution < 1.29 is 27.5 Å². The Balaban J connectivity index is 1.72. The third-order valence-electron chi connectivity index (χ3n) is 5.77. The number of esters is 1. The van der Waals surface area contributed by atoms with Crippen molar-refractivity contribution in [1.29, 1.82) is 0 Å².